The SMILES string of the molecule is CC(c1ccccn1)C(Br)c1cc(Cl)sc1Cl. The largest absolute Gasteiger partial charge is 0.261 e. The van der Waals surface area contributed by atoms with Crippen LogP contribution in [0.25, 0.3) is 0 Å². The van der Waals surface area contributed by atoms with Gasteiger partial charge in [0.1, 0.15) is 0 Å². The van der Waals surface area contributed by atoms with Gasteiger partial charge in [-0.2, -0.15) is 0 Å². The molecule has 2 heterocycles. The second-order valence-corrected chi connectivity index (χ2v) is 7.00. The predicted octanol–water partition coefficient (Wildman–Crippen LogP) is 5.69. The summed E-state index contributed by atoms with van der Waals surface area (Å²) in [6, 6.07) is 7.82. The van der Waals surface area contributed by atoms with Crippen molar-refractivity contribution >= 4 is 50.5 Å². The van der Waals surface area contributed by atoms with E-state index < -0.39 is 0 Å². The Bertz CT molecular complexity index is 500. The van der Waals surface area contributed by atoms with Gasteiger partial charge >= 0.3 is 0 Å². The summed E-state index contributed by atoms with van der Waals surface area (Å²) in [4.78, 5) is 4.48. The molecule has 90 valence electrons. The van der Waals surface area contributed by atoms with Gasteiger partial charge in [0, 0.05) is 22.6 Å². The molecule has 17 heavy (non-hydrogen) atoms. The molecule has 0 aliphatic heterocycles. The number of thiophene rings is 1. The molecule has 2 unspecified atom stereocenters. The number of alkyl halides is 1. The predicted molar refractivity (Wildman–Crippen MR) is 78.7 cm³/mol. The van der Waals surface area contributed by atoms with Gasteiger partial charge in [-0.1, -0.05) is 52.1 Å². The lowest BCUT2D eigenvalue weighted by atomic mass is 9.99. The van der Waals surface area contributed by atoms with Crippen LogP contribution in [0.15, 0.2) is 30.5 Å². The summed E-state index contributed by atoms with van der Waals surface area (Å²) in [5.41, 5.74) is 2.06. The standard InChI is InChI=1S/C12H10BrCl2NS/c1-7(9-4-2-3-5-16-9)11(13)8-6-10(14)17-12(8)15/h2-7,11H,1H3. The summed E-state index contributed by atoms with van der Waals surface area (Å²) in [5, 5.41) is 0. The minimum Gasteiger partial charge on any atom is -0.261 e. The van der Waals surface area contributed by atoms with Gasteiger partial charge in [-0.25, -0.2) is 0 Å². The van der Waals surface area contributed by atoms with Crippen LogP contribution in [-0.2, 0) is 0 Å². The third-order valence-electron chi connectivity index (χ3n) is 2.57. The Morgan fingerprint density at radius 2 is 2.12 bits per heavy atom. The van der Waals surface area contributed by atoms with Crippen molar-refractivity contribution in [2.75, 3.05) is 0 Å². The molecule has 1 nitrogen and oxygen atoms in total. The van der Waals surface area contributed by atoms with E-state index in [2.05, 4.69) is 27.8 Å². The van der Waals surface area contributed by atoms with E-state index in [9.17, 15) is 0 Å². The molecule has 0 aromatic carbocycles. The number of aromatic nitrogens is 1. The molecule has 2 aromatic heterocycles. The molecule has 0 fully saturated rings. The van der Waals surface area contributed by atoms with Crippen LogP contribution in [0.5, 0.6) is 0 Å². The number of pyridine rings is 1. The van der Waals surface area contributed by atoms with Crippen LogP contribution < -0.4 is 0 Å². The van der Waals surface area contributed by atoms with Gasteiger partial charge in [-0.3, -0.25) is 4.98 Å². The highest BCUT2D eigenvalue weighted by molar-refractivity contribution is 9.09. The Morgan fingerprint density at radius 1 is 1.35 bits per heavy atom. The summed E-state index contributed by atoms with van der Waals surface area (Å²) >= 11 is 17.2. The molecule has 0 amide bonds. The summed E-state index contributed by atoms with van der Waals surface area (Å²) in [6.45, 7) is 2.11. The van der Waals surface area contributed by atoms with Crippen molar-refractivity contribution in [2.24, 2.45) is 0 Å². The molecule has 0 aliphatic rings. The molecule has 2 rings (SSSR count). The Balaban J connectivity index is 2.26. The normalized spacial score (nSPS) is 14.6. The topological polar surface area (TPSA) is 12.9 Å². The van der Waals surface area contributed by atoms with Crippen molar-refractivity contribution in [2.45, 2.75) is 17.7 Å². The molecule has 0 bridgehead atoms. The molecule has 2 atom stereocenters. The van der Waals surface area contributed by atoms with E-state index in [0.29, 0.717) is 4.34 Å². The first-order valence-electron chi connectivity index (χ1n) is 5.09. The average molecular weight is 351 g/mol. The van der Waals surface area contributed by atoms with E-state index in [-0.39, 0.29) is 10.7 Å². The molecule has 0 aliphatic carbocycles. The van der Waals surface area contributed by atoms with E-state index in [1.54, 1.807) is 6.20 Å². The van der Waals surface area contributed by atoms with Gasteiger partial charge in [0.25, 0.3) is 0 Å². The highest BCUT2D eigenvalue weighted by atomic mass is 79.9. The molecular formula is C12H10BrCl2NS. The quantitative estimate of drug-likeness (QED) is 0.648. The highest BCUT2D eigenvalue weighted by Gasteiger charge is 2.22. The smallest absolute Gasteiger partial charge is 0.0987 e. The first kappa shape index (κ1) is 13.3. The number of hydrogen-bond acceptors (Lipinski definition) is 2. The van der Waals surface area contributed by atoms with Crippen LogP contribution in [0, 0.1) is 0 Å². The van der Waals surface area contributed by atoms with Gasteiger partial charge in [0.05, 0.1) is 8.67 Å². The van der Waals surface area contributed by atoms with Crippen molar-refractivity contribution in [3.05, 3.63) is 50.4 Å². The van der Waals surface area contributed by atoms with Crippen molar-refractivity contribution in [3.8, 4) is 0 Å². The fraction of sp³-hybridized carbons (Fsp3) is 0.250. The summed E-state index contributed by atoms with van der Waals surface area (Å²) in [6.07, 6.45) is 1.80. The van der Waals surface area contributed by atoms with E-state index in [4.69, 9.17) is 23.2 Å². The van der Waals surface area contributed by atoms with Crippen molar-refractivity contribution in [1.29, 1.82) is 0 Å². The summed E-state index contributed by atoms with van der Waals surface area (Å²) in [5.74, 6) is 0.236. The molecule has 5 heteroatoms. The Hall–Kier alpha value is -0.0900. The molecule has 0 saturated carbocycles. The zero-order valence-electron chi connectivity index (χ0n) is 9.03. The van der Waals surface area contributed by atoms with Gasteiger partial charge in [0.15, 0.2) is 0 Å². The number of rotatable bonds is 3. The number of nitrogens with zero attached hydrogens (tertiary/aromatic N) is 1. The van der Waals surface area contributed by atoms with Crippen LogP contribution >= 0.6 is 50.5 Å². The van der Waals surface area contributed by atoms with Crippen molar-refractivity contribution in [1.82, 2.24) is 4.98 Å². The Labute approximate surface area is 123 Å². The third-order valence-corrected chi connectivity index (χ3v) is 5.38. The lowest BCUT2D eigenvalue weighted by Gasteiger charge is -2.17. The summed E-state index contributed by atoms with van der Waals surface area (Å²) in [7, 11) is 0. The van der Waals surface area contributed by atoms with Gasteiger partial charge < -0.3 is 0 Å². The highest BCUT2D eigenvalue weighted by Crippen LogP contribution is 2.44. The maximum Gasteiger partial charge on any atom is 0.0987 e. The average Bonchev–Trinajstić information content (AvgIpc) is 2.68. The monoisotopic (exact) mass is 349 g/mol. The molecule has 2 aromatic rings. The summed E-state index contributed by atoms with van der Waals surface area (Å²) < 4.78 is 1.45. The molecule has 0 radical (unpaired) electrons. The lowest BCUT2D eigenvalue weighted by Crippen LogP contribution is -2.03. The maximum absolute atomic E-state index is 6.16. The van der Waals surface area contributed by atoms with Crippen LogP contribution in [0.2, 0.25) is 8.67 Å². The molecule has 0 spiro atoms. The van der Waals surface area contributed by atoms with Crippen molar-refractivity contribution in [3.63, 3.8) is 0 Å². The van der Waals surface area contributed by atoms with Crippen molar-refractivity contribution < 1.29 is 0 Å². The second kappa shape index (κ2) is 5.70. The third kappa shape index (κ3) is 3.02. The fourth-order valence-electron chi connectivity index (χ4n) is 1.61. The second-order valence-electron chi connectivity index (χ2n) is 3.72. The van der Waals surface area contributed by atoms with Crippen LogP contribution in [-0.4, -0.2) is 4.98 Å². The first-order chi connectivity index (χ1) is 8.09. The zero-order valence-corrected chi connectivity index (χ0v) is 12.9. The Morgan fingerprint density at radius 3 is 2.65 bits per heavy atom. The molecule has 0 saturated heterocycles. The lowest BCUT2D eigenvalue weighted by molar-refractivity contribution is 0.726. The zero-order chi connectivity index (χ0) is 12.4. The minimum absolute atomic E-state index is 0.119. The van der Waals surface area contributed by atoms with E-state index >= 15 is 0 Å². The maximum atomic E-state index is 6.16. The van der Waals surface area contributed by atoms with E-state index in [1.165, 1.54) is 11.3 Å². The molecule has 0 N–H and O–H groups in total. The van der Waals surface area contributed by atoms with Gasteiger partial charge in [0.2, 0.25) is 0 Å². The fourth-order valence-corrected chi connectivity index (χ4v) is 4.07. The number of hydrogen-bond donors (Lipinski definition) is 0. The Kier molecular flexibility index (Phi) is 4.47. The van der Waals surface area contributed by atoms with Crippen LogP contribution in [0.3, 0.4) is 0 Å². The van der Waals surface area contributed by atoms with Gasteiger partial charge in [-0.05, 0) is 23.8 Å². The van der Waals surface area contributed by atoms with Crippen LogP contribution in [0.1, 0.15) is 28.9 Å². The van der Waals surface area contributed by atoms with E-state index in [0.717, 1.165) is 15.6 Å². The van der Waals surface area contributed by atoms with Crippen LogP contribution in [0.4, 0.5) is 0 Å². The molecular weight excluding hydrogens is 341 g/mol. The first-order valence-corrected chi connectivity index (χ1v) is 7.58. The van der Waals surface area contributed by atoms with E-state index in [1.807, 2.05) is 24.3 Å². The minimum atomic E-state index is 0.119. The number of halogens is 3. The van der Waals surface area contributed by atoms with Gasteiger partial charge in [-0.15, -0.1) is 11.3 Å².